The Bertz CT molecular complexity index is 1500. The second-order valence-corrected chi connectivity index (χ2v) is 11.6. The molecule has 1 fully saturated rings. The second-order valence-electron chi connectivity index (χ2n) is 11.2. The lowest BCUT2D eigenvalue weighted by Crippen LogP contribution is -2.39. The minimum atomic E-state index is -5.08. The van der Waals surface area contributed by atoms with Gasteiger partial charge in [0.15, 0.2) is 0 Å². The fourth-order valence-electron chi connectivity index (χ4n) is 6.23. The van der Waals surface area contributed by atoms with Gasteiger partial charge in [0.2, 0.25) is 0 Å². The predicted octanol–water partition coefficient (Wildman–Crippen LogP) is 7.66. The number of aliphatic carboxylic acids is 1. The molecular formula is C31H34ClF4N5O2. The van der Waals surface area contributed by atoms with Gasteiger partial charge in [-0.1, -0.05) is 54.3 Å². The number of aryl methyl sites for hydroxylation is 2. The minimum Gasteiger partial charge on any atom is -0.475 e. The summed E-state index contributed by atoms with van der Waals surface area (Å²) in [6.45, 7) is 4.96. The van der Waals surface area contributed by atoms with Crippen LogP contribution in [-0.2, 0) is 11.3 Å². The van der Waals surface area contributed by atoms with Crippen molar-refractivity contribution in [1.82, 2.24) is 19.9 Å². The Morgan fingerprint density at radius 1 is 1.07 bits per heavy atom. The SMILES string of the molecule is Cc1nnn2c1-c1ccc(C3=CCN(C4CCCCC4)CC3)cc1C(Nc1ccc(F)c(Cl)c1)CC2.O=C(O)C(F)(F)F. The Labute approximate surface area is 252 Å². The highest BCUT2D eigenvalue weighted by molar-refractivity contribution is 6.31. The average Bonchev–Trinajstić information content (AvgIpc) is 3.29. The van der Waals surface area contributed by atoms with E-state index in [1.807, 2.05) is 11.6 Å². The molecule has 2 N–H and O–H groups in total. The van der Waals surface area contributed by atoms with Crippen molar-refractivity contribution in [3.8, 4) is 11.3 Å². The van der Waals surface area contributed by atoms with E-state index >= 15 is 0 Å². The van der Waals surface area contributed by atoms with Crippen molar-refractivity contribution in [2.75, 3.05) is 18.4 Å². The number of hydrogen-bond donors (Lipinski definition) is 2. The van der Waals surface area contributed by atoms with E-state index in [0.717, 1.165) is 61.2 Å². The number of aromatic nitrogens is 3. The maximum absolute atomic E-state index is 13.8. The fourth-order valence-corrected chi connectivity index (χ4v) is 6.41. The third-order valence-electron chi connectivity index (χ3n) is 8.42. The van der Waals surface area contributed by atoms with Crippen LogP contribution in [0.5, 0.6) is 0 Å². The molecule has 3 aliphatic rings. The third-order valence-corrected chi connectivity index (χ3v) is 8.71. The number of rotatable bonds is 4. The molecule has 0 saturated heterocycles. The quantitative estimate of drug-likeness (QED) is 0.292. The number of halogens is 5. The molecule has 0 amide bonds. The fraction of sp³-hybridized carbons (Fsp3) is 0.452. The Morgan fingerprint density at radius 3 is 2.47 bits per heavy atom. The molecule has 1 saturated carbocycles. The molecule has 1 aliphatic carbocycles. The minimum absolute atomic E-state index is 0.0468. The normalized spacial score (nSPS) is 19.3. The van der Waals surface area contributed by atoms with Crippen molar-refractivity contribution in [3.05, 3.63) is 70.1 Å². The number of anilines is 1. The van der Waals surface area contributed by atoms with E-state index in [0.29, 0.717) is 0 Å². The molecule has 1 atom stereocenters. The number of nitrogens with zero attached hydrogens (tertiary/aromatic N) is 4. The Kier molecular flexibility index (Phi) is 9.41. The molecule has 0 radical (unpaired) electrons. The van der Waals surface area contributed by atoms with E-state index in [1.54, 1.807) is 12.1 Å². The summed E-state index contributed by atoms with van der Waals surface area (Å²) in [4.78, 5) is 11.6. The van der Waals surface area contributed by atoms with Crippen LogP contribution < -0.4 is 5.32 Å². The van der Waals surface area contributed by atoms with Crippen LogP contribution in [0.25, 0.3) is 16.8 Å². The van der Waals surface area contributed by atoms with Gasteiger partial charge in [-0.2, -0.15) is 13.2 Å². The molecule has 6 rings (SSSR count). The van der Waals surface area contributed by atoms with E-state index in [9.17, 15) is 17.6 Å². The number of fused-ring (bicyclic) bond motifs is 3. The molecule has 43 heavy (non-hydrogen) atoms. The molecule has 230 valence electrons. The highest BCUT2D eigenvalue weighted by Gasteiger charge is 2.38. The first-order valence-electron chi connectivity index (χ1n) is 14.5. The summed E-state index contributed by atoms with van der Waals surface area (Å²) in [5.74, 6) is -3.16. The van der Waals surface area contributed by atoms with Gasteiger partial charge in [0, 0.05) is 36.9 Å². The van der Waals surface area contributed by atoms with Gasteiger partial charge in [0.25, 0.3) is 0 Å². The summed E-state index contributed by atoms with van der Waals surface area (Å²) in [6.07, 6.45) is 6.13. The smallest absolute Gasteiger partial charge is 0.475 e. The molecule has 0 bridgehead atoms. The van der Waals surface area contributed by atoms with E-state index in [1.165, 1.54) is 54.9 Å². The number of carboxylic acid groups (broad SMARTS) is 1. The summed E-state index contributed by atoms with van der Waals surface area (Å²) in [7, 11) is 0. The largest absolute Gasteiger partial charge is 0.490 e. The standard InChI is InChI=1S/C29H33ClFN5.C2HF3O2/c1-19-29-24-9-7-21(20-11-14-35(15-12-20)23-5-3-2-4-6-23)17-25(24)28(13-16-36(29)34-33-19)32-22-8-10-27(31)26(30)18-22;3-2(4,5)1(6)7/h7-11,17-18,23,28,32H,2-6,12-16H2,1H3;(H,6,7). The van der Waals surface area contributed by atoms with E-state index in [2.05, 4.69) is 44.8 Å². The Morgan fingerprint density at radius 2 is 1.81 bits per heavy atom. The van der Waals surface area contributed by atoms with E-state index in [-0.39, 0.29) is 11.1 Å². The van der Waals surface area contributed by atoms with Crippen LogP contribution in [0, 0.1) is 12.7 Å². The molecule has 3 aromatic rings. The Hall–Kier alpha value is -3.44. The number of nitrogens with one attached hydrogen (secondary N) is 1. The average molecular weight is 620 g/mol. The van der Waals surface area contributed by atoms with Crippen LogP contribution in [0.3, 0.4) is 0 Å². The summed E-state index contributed by atoms with van der Waals surface area (Å²) in [5, 5.41) is 19.6. The first-order valence-corrected chi connectivity index (χ1v) is 14.9. The molecule has 1 unspecified atom stereocenters. The van der Waals surface area contributed by atoms with Gasteiger partial charge in [-0.3, -0.25) is 4.90 Å². The van der Waals surface area contributed by atoms with E-state index < -0.39 is 18.0 Å². The number of benzene rings is 2. The van der Waals surface area contributed by atoms with Gasteiger partial charge in [0.1, 0.15) is 5.82 Å². The topological polar surface area (TPSA) is 83.3 Å². The van der Waals surface area contributed by atoms with Crippen molar-refractivity contribution in [3.63, 3.8) is 0 Å². The summed E-state index contributed by atoms with van der Waals surface area (Å²) in [6, 6.07) is 12.5. The number of hydrogen-bond acceptors (Lipinski definition) is 5. The van der Waals surface area contributed by atoms with Gasteiger partial charge in [-0.15, -0.1) is 5.10 Å². The van der Waals surface area contributed by atoms with Crippen LogP contribution in [-0.4, -0.2) is 56.3 Å². The van der Waals surface area contributed by atoms with Crippen LogP contribution in [0.1, 0.15) is 67.8 Å². The van der Waals surface area contributed by atoms with Gasteiger partial charge in [-0.05, 0) is 73.6 Å². The van der Waals surface area contributed by atoms with Crippen LogP contribution in [0.15, 0.2) is 42.5 Å². The summed E-state index contributed by atoms with van der Waals surface area (Å²) < 4.78 is 47.5. The van der Waals surface area contributed by atoms with Crippen molar-refractivity contribution in [1.29, 1.82) is 0 Å². The first-order chi connectivity index (χ1) is 20.5. The lowest BCUT2D eigenvalue weighted by molar-refractivity contribution is -0.192. The van der Waals surface area contributed by atoms with Crippen LogP contribution in [0.2, 0.25) is 5.02 Å². The zero-order valence-electron chi connectivity index (χ0n) is 23.8. The maximum Gasteiger partial charge on any atom is 0.490 e. The molecule has 2 aliphatic heterocycles. The van der Waals surface area contributed by atoms with Gasteiger partial charge >= 0.3 is 12.1 Å². The lowest BCUT2D eigenvalue weighted by atomic mass is 9.89. The molecule has 7 nitrogen and oxygen atoms in total. The number of alkyl halides is 3. The summed E-state index contributed by atoms with van der Waals surface area (Å²) in [5.41, 5.74) is 7.95. The van der Waals surface area contributed by atoms with Crippen molar-refractivity contribution >= 4 is 28.8 Å². The molecule has 2 aromatic carbocycles. The predicted molar refractivity (Wildman–Crippen MR) is 157 cm³/mol. The zero-order valence-corrected chi connectivity index (χ0v) is 24.6. The van der Waals surface area contributed by atoms with Gasteiger partial charge in [0.05, 0.1) is 22.5 Å². The lowest BCUT2D eigenvalue weighted by Gasteiger charge is -2.36. The molecule has 12 heteroatoms. The molecule has 1 aromatic heterocycles. The Balaban J connectivity index is 0.000000472. The number of carboxylic acids is 1. The summed E-state index contributed by atoms with van der Waals surface area (Å²) >= 11 is 6.09. The van der Waals surface area contributed by atoms with Crippen molar-refractivity contribution < 1.29 is 27.5 Å². The van der Waals surface area contributed by atoms with Crippen LogP contribution in [0.4, 0.5) is 23.2 Å². The molecule has 0 spiro atoms. The highest BCUT2D eigenvalue weighted by Crippen LogP contribution is 2.39. The monoisotopic (exact) mass is 619 g/mol. The molecular weight excluding hydrogens is 586 g/mol. The van der Waals surface area contributed by atoms with Crippen molar-refractivity contribution in [2.24, 2.45) is 0 Å². The second kappa shape index (κ2) is 13.1. The first kappa shape index (κ1) is 31.0. The van der Waals surface area contributed by atoms with E-state index in [4.69, 9.17) is 21.5 Å². The molecule has 3 heterocycles. The van der Waals surface area contributed by atoms with Gasteiger partial charge < -0.3 is 10.4 Å². The maximum atomic E-state index is 13.8. The number of carbonyl (C=O) groups is 1. The zero-order chi connectivity index (χ0) is 30.7. The van der Waals surface area contributed by atoms with Crippen LogP contribution >= 0.6 is 11.6 Å². The van der Waals surface area contributed by atoms with Gasteiger partial charge in [-0.25, -0.2) is 13.9 Å². The highest BCUT2D eigenvalue weighted by atomic mass is 35.5. The van der Waals surface area contributed by atoms with Crippen molar-refractivity contribution in [2.45, 2.75) is 76.7 Å². The third kappa shape index (κ3) is 7.21.